The zero-order valence-corrected chi connectivity index (χ0v) is 19.5. The van der Waals surface area contributed by atoms with Crippen molar-refractivity contribution < 1.29 is 14.0 Å². The number of rotatable bonds is 12. The van der Waals surface area contributed by atoms with E-state index in [-0.39, 0.29) is 23.4 Å². The minimum Gasteiger partial charge on any atom is -0.354 e. The van der Waals surface area contributed by atoms with E-state index < -0.39 is 6.04 Å². The Morgan fingerprint density at radius 2 is 1.71 bits per heavy atom. The number of nitrogens with zero attached hydrogens (tertiary/aromatic N) is 1. The molecule has 0 radical (unpaired) electrons. The van der Waals surface area contributed by atoms with Gasteiger partial charge in [-0.15, -0.1) is 11.8 Å². The second-order valence-corrected chi connectivity index (χ2v) is 8.99. The highest BCUT2D eigenvalue weighted by Gasteiger charge is 2.28. The number of halogens is 1. The fourth-order valence-corrected chi connectivity index (χ4v) is 4.11. The van der Waals surface area contributed by atoms with Crippen LogP contribution < -0.4 is 5.32 Å². The first-order valence-electron chi connectivity index (χ1n) is 10.8. The second kappa shape index (κ2) is 13.2. The summed E-state index contributed by atoms with van der Waals surface area (Å²) in [5.41, 5.74) is 2.11. The number of carbonyl (C=O) groups excluding carboxylic acids is 2. The minimum absolute atomic E-state index is 0.0467. The van der Waals surface area contributed by atoms with Gasteiger partial charge in [-0.25, -0.2) is 4.39 Å². The molecule has 168 valence electrons. The van der Waals surface area contributed by atoms with Gasteiger partial charge in [0.15, 0.2) is 0 Å². The summed E-state index contributed by atoms with van der Waals surface area (Å²) in [4.78, 5) is 27.7. The first-order valence-corrected chi connectivity index (χ1v) is 12.0. The summed E-state index contributed by atoms with van der Waals surface area (Å²) in [6.07, 6.45) is 1.26. The molecule has 2 aromatic rings. The Balaban J connectivity index is 2.03. The van der Waals surface area contributed by atoms with E-state index in [0.29, 0.717) is 37.6 Å². The Morgan fingerprint density at radius 1 is 1.03 bits per heavy atom. The van der Waals surface area contributed by atoms with E-state index in [1.807, 2.05) is 51.1 Å². The quantitative estimate of drug-likeness (QED) is 0.517. The minimum atomic E-state index is -0.485. The molecular formula is C25H33FN2O2S. The molecule has 0 aliphatic heterocycles. The lowest BCUT2D eigenvalue weighted by Crippen LogP contribution is -2.51. The van der Waals surface area contributed by atoms with Crippen LogP contribution in [0.25, 0.3) is 0 Å². The number of thioether (sulfide) groups is 1. The number of carbonyl (C=O) groups is 2. The van der Waals surface area contributed by atoms with Gasteiger partial charge in [0.1, 0.15) is 11.9 Å². The van der Waals surface area contributed by atoms with Crippen molar-refractivity contribution in [3.8, 4) is 0 Å². The normalized spacial score (nSPS) is 11.9. The average Bonchev–Trinajstić information content (AvgIpc) is 2.77. The lowest BCUT2D eigenvalue weighted by atomic mass is 10.1. The van der Waals surface area contributed by atoms with Crippen LogP contribution in [0.3, 0.4) is 0 Å². The molecule has 1 atom stereocenters. The first kappa shape index (κ1) is 24.9. The van der Waals surface area contributed by atoms with Crippen LogP contribution in [0.2, 0.25) is 0 Å². The third kappa shape index (κ3) is 8.74. The second-order valence-electron chi connectivity index (χ2n) is 8.01. The van der Waals surface area contributed by atoms with Gasteiger partial charge in [-0.05, 0) is 42.0 Å². The van der Waals surface area contributed by atoms with Crippen LogP contribution in [0, 0.1) is 11.7 Å². The molecule has 0 saturated heterocycles. The molecule has 0 heterocycles. The molecule has 0 aromatic heterocycles. The van der Waals surface area contributed by atoms with Gasteiger partial charge in [0.05, 0.1) is 5.75 Å². The van der Waals surface area contributed by atoms with E-state index in [9.17, 15) is 14.0 Å². The molecule has 2 rings (SSSR count). The van der Waals surface area contributed by atoms with Crippen LogP contribution in [0.1, 0.15) is 38.3 Å². The van der Waals surface area contributed by atoms with E-state index in [2.05, 4.69) is 5.32 Å². The Labute approximate surface area is 189 Å². The largest absolute Gasteiger partial charge is 0.354 e. The number of hydrogen-bond donors (Lipinski definition) is 1. The molecule has 0 unspecified atom stereocenters. The lowest BCUT2D eigenvalue weighted by Gasteiger charge is -2.31. The summed E-state index contributed by atoms with van der Waals surface area (Å²) in [5.74, 6) is 0.835. The fourth-order valence-electron chi connectivity index (χ4n) is 3.24. The molecule has 0 aliphatic carbocycles. The maximum Gasteiger partial charge on any atom is 0.242 e. The van der Waals surface area contributed by atoms with Crippen molar-refractivity contribution in [2.24, 2.45) is 5.92 Å². The van der Waals surface area contributed by atoms with Gasteiger partial charge in [0.25, 0.3) is 0 Å². The maximum atomic E-state index is 13.1. The summed E-state index contributed by atoms with van der Waals surface area (Å²) >= 11 is 1.48. The van der Waals surface area contributed by atoms with Gasteiger partial charge in [-0.3, -0.25) is 9.59 Å². The topological polar surface area (TPSA) is 49.4 Å². The molecule has 1 N–H and O–H groups in total. The molecule has 6 heteroatoms. The predicted molar refractivity (Wildman–Crippen MR) is 126 cm³/mol. The summed E-state index contributed by atoms with van der Waals surface area (Å²) in [6, 6.07) is 15.8. The monoisotopic (exact) mass is 444 g/mol. The highest BCUT2D eigenvalue weighted by Crippen LogP contribution is 2.16. The van der Waals surface area contributed by atoms with Crippen LogP contribution in [-0.2, 0) is 21.8 Å². The zero-order valence-electron chi connectivity index (χ0n) is 18.6. The molecule has 31 heavy (non-hydrogen) atoms. The Hall–Kier alpha value is -2.34. The molecule has 0 spiro atoms. The Bertz CT molecular complexity index is 812. The van der Waals surface area contributed by atoms with Crippen molar-refractivity contribution in [2.45, 2.75) is 45.4 Å². The number of hydrogen-bond acceptors (Lipinski definition) is 3. The van der Waals surface area contributed by atoms with Gasteiger partial charge >= 0.3 is 0 Å². The highest BCUT2D eigenvalue weighted by molar-refractivity contribution is 7.99. The van der Waals surface area contributed by atoms with E-state index >= 15 is 0 Å². The smallest absolute Gasteiger partial charge is 0.242 e. The van der Waals surface area contributed by atoms with Crippen LogP contribution in [0.5, 0.6) is 0 Å². The zero-order chi connectivity index (χ0) is 22.6. The molecule has 0 fully saturated rings. The van der Waals surface area contributed by atoms with Crippen LogP contribution in [0.15, 0.2) is 54.6 Å². The lowest BCUT2D eigenvalue weighted by molar-refractivity contribution is -0.138. The first-order chi connectivity index (χ1) is 14.9. The third-order valence-electron chi connectivity index (χ3n) is 4.96. The Kier molecular flexibility index (Phi) is 10.6. The van der Waals surface area contributed by atoms with E-state index in [0.717, 1.165) is 11.1 Å². The van der Waals surface area contributed by atoms with Gasteiger partial charge in [0, 0.05) is 18.8 Å². The molecule has 0 bridgehead atoms. The van der Waals surface area contributed by atoms with E-state index in [1.54, 1.807) is 17.0 Å². The molecule has 0 aliphatic rings. The summed E-state index contributed by atoms with van der Waals surface area (Å²) in [6.45, 7) is 7.12. The van der Waals surface area contributed by atoms with Gasteiger partial charge < -0.3 is 10.2 Å². The summed E-state index contributed by atoms with van der Waals surface area (Å²) in [7, 11) is 0. The third-order valence-corrected chi connectivity index (χ3v) is 5.95. The van der Waals surface area contributed by atoms with Crippen molar-refractivity contribution in [3.05, 3.63) is 71.5 Å². The number of nitrogens with one attached hydrogen (secondary N) is 1. The van der Waals surface area contributed by atoms with Crippen LogP contribution in [-0.4, -0.2) is 41.6 Å². The molecular weight excluding hydrogens is 411 g/mol. The molecule has 0 saturated carbocycles. The van der Waals surface area contributed by atoms with Crippen LogP contribution in [0.4, 0.5) is 4.39 Å². The van der Waals surface area contributed by atoms with Gasteiger partial charge in [0.2, 0.25) is 11.8 Å². The summed E-state index contributed by atoms with van der Waals surface area (Å²) in [5, 5.41) is 2.98. The van der Waals surface area contributed by atoms with Crippen molar-refractivity contribution >= 4 is 23.6 Å². The molecule has 2 amide bonds. The Morgan fingerprint density at radius 3 is 2.32 bits per heavy atom. The predicted octanol–water partition coefficient (Wildman–Crippen LogP) is 4.68. The van der Waals surface area contributed by atoms with Crippen LogP contribution >= 0.6 is 11.8 Å². The average molecular weight is 445 g/mol. The van der Waals surface area contributed by atoms with Crippen molar-refractivity contribution in [3.63, 3.8) is 0 Å². The number of amides is 2. The number of benzene rings is 2. The SMILES string of the molecule is CC[C@H](C(=O)NCC(C)C)N(CCc1ccccc1)C(=O)CSCc1ccc(F)cc1. The molecule has 2 aromatic carbocycles. The van der Waals surface area contributed by atoms with E-state index in [1.165, 1.54) is 23.9 Å². The highest BCUT2D eigenvalue weighted by atomic mass is 32.2. The maximum absolute atomic E-state index is 13.1. The standard InChI is InChI=1S/C25H33FN2O2S/c1-4-23(25(30)27-16-19(2)3)28(15-14-20-8-6-5-7-9-20)24(29)18-31-17-21-10-12-22(26)13-11-21/h5-13,19,23H,4,14-18H2,1-3H3,(H,27,30)/t23-/m1/s1. The van der Waals surface area contributed by atoms with Crippen molar-refractivity contribution in [1.29, 1.82) is 0 Å². The van der Waals surface area contributed by atoms with Crippen molar-refractivity contribution in [1.82, 2.24) is 10.2 Å². The van der Waals surface area contributed by atoms with Crippen molar-refractivity contribution in [2.75, 3.05) is 18.8 Å². The van der Waals surface area contributed by atoms with Gasteiger partial charge in [-0.1, -0.05) is 63.2 Å². The summed E-state index contributed by atoms with van der Waals surface area (Å²) < 4.78 is 13.1. The fraction of sp³-hybridized carbons (Fsp3) is 0.440. The van der Waals surface area contributed by atoms with E-state index in [4.69, 9.17) is 0 Å². The van der Waals surface area contributed by atoms with Gasteiger partial charge in [-0.2, -0.15) is 0 Å². The molecule has 4 nitrogen and oxygen atoms in total.